The Kier molecular flexibility index (Phi) is 4.76. The molecule has 1 aliphatic carbocycles. The Bertz CT molecular complexity index is 462. The number of hydrogen-bond acceptors (Lipinski definition) is 2. The Morgan fingerprint density at radius 2 is 2.05 bits per heavy atom. The molecule has 2 rings (SSSR count). The van der Waals surface area contributed by atoms with Crippen molar-refractivity contribution in [2.45, 2.75) is 51.7 Å². The molecule has 0 radical (unpaired) electrons. The molecule has 0 aliphatic heterocycles. The molecule has 112 valence electrons. The first kappa shape index (κ1) is 15.4. The van der Waals surface area contributed by atoms with Crippen LogP contribution in [0.1, 0.15) is 51.2 Å². The molecule has 0 heterocycles. The zero-order chi connectivity index (χ0) is 14.8. The molecular weight excluding hydrogens is 260 g/mol. The largest absolute Gasteiger partial charge is 0.387 e. The predicted molar refractivity (Wildman–Crippen MR) is 75.4 cm³/mol. The van der Waals surface area contributed by atoms with E-state index in [9.17, 15) is 13.9 Å². The van der Waals surface area contributed by atoms with Gasteiger partial charge < -0.3 is 10.4 Å². The van der Waals surface area contributed by atoms with Gasteiger partial charge in [-0.3, -0.25) is 0 Å². The number of halogens is 2. The number of hydrogen-bond donors (Lipinski definition) is 2. The fraction of sp³-hybridized carbons (Fsp3) is 0.625. The summed E-state index contributed by atoms with van der Waals surface area (Å²) in [5.41, 5.74) is 0.622. The van der Waals surface area contributed by atoms with Gasteiger partial charge in [-0.2, -0.15) is 0 Å². The zero-order valence-electron chi connectivity index (χ0n) is 12.1. The van der Waals surface area contributed by atoms with Crippen molar-refractivity contribution in [1.82, 2.24) is 5.32 Å². The lowest BCUT2D eigenvalue weighted by Gasteiger charge is -2.39. The summed E-state index contributed by atoms with van der Waals surface area (Å²) in [4.78, 5) is 0. The average molecular weight is 283 g/mol. The lowest BCUT2D eigenvalue weighted by Crippen LogP contribution is -2.45. The van der Waals surface area contributed by atoms with E-state index in [4.69, 9.17) is 0 Å². The van der Waals surface area contributed by atoms with Gasteiger partial charge in [0.25, 0.3) is 0 Å². The van der Waals surface area contributed by atoms with Crippen molar-refractivity contribution in [3.63, 3.8) is 0 Å². The molecule has 0 aromatic heterocycles. The summed E-state index contributed by atoms with van der Waals surface area (Å²) in [6.07, 6.45) is 3.89. The molecule has 1 saturated carbocycles. The van der Waals surface area contributed by atoms with E-state index < -0.39 is 17.7 Å². The van der Waals surface area contributed by atoms with Gasteiger partial charge in [-0.25, -0.2) is 8.78 Å². The van der Waals surface area contributed by atoms with Gasteiger partial charge in [0.05, 0.1) is 6.10 Å². The molecule has 0 spiro atoms. The first-order chi connectivity index (χ1) is 9.40. The van der Waals surface area contributed by atoms with Crippen LogP contribution in [0, 0.1) is 17.0 Å². The van der Waals surface area contributed by atoms with E-state index in [0.29, 0.717) is 18.2 Å². The maximum atomic E-state index is 13.2. The van der Waals surface area contributed by atoms with E-state index in [1.807, 2.05) is 0 Å². The summed E-state index contributed by atoms with van der Waals surface area (Å²) in [7, 11) is 0. The Morgan fingerprint density at radius 3 is 2.70 bits per heavy atom. The molecule has 0 bridgehead atoms. The molecular formula is C16H23F2NO. The summed E-state index contributed by atoms with van der Waals surface area (Å²) in [6, 6.07) is 3.90. The second-order valence-electron chi connectivity index (χ2n) is 6.38. The third kappa shape index (κ3) is 3.55. The molecule has 4 heteroatoms. The van der Waals surface area contributed by atoms with Crippen LogP contribution in [0.3, 0.4) is 0 Å². The van der Waals surface area contributed by atoms with Crippen LogP contribution < -0.4 is 5.32 Å². The Morgan fingerprint density at radius 1 is 1.30 bits per heavy atom. The lowest BCUT2D eigenvalue weighted by atomic mass is 9.73. The minimum absolute atomic E-state index is 0.214. The highest BCUT2D eigenvalue weighted by molar-refractivity contribution is 5.20. The van der Waals surface area contributed by atoms with E-state index in [-0.39, 0.29) is 5.41 Å². The Balaban J connectivity index is 1.94. The van der Waals surface area contributed by atoms with Gasteiger partial charge in [-0.05, 0) is 36.0 Å². The highest BCUT2D eigenvalue weighted by atomic mass is 19.2. The van der Waals surface area contributed by atoms with Crippen molar-refractivity contribution in [1.29, 1.82) is 0 Å². The quantitative estimate of drug-likeness (QED) is 0.885. The third-order valence-corrected chi connectivity index (χ3v) is 4.39. The molecule has 2 atom stereocenters. The van der Waals surface area contributed by atoms with E-state index in [1.54, 1.807) is 0 Å². The lowest BCUT2D eigenvalue weighted by molar-refractivity contribution is 0.126. The molecule has 1 fully saturated rings. The van der Waals surface area contributed by atoms with E-state index in [0.717, 1.165) is 18.6 Å². The van der Waals surface area contributed by atoms with Crippen LogP contribution in [0.15, 0.2) is 18.2 Å². The SMILES string of the molecule is CC1(C)CCCCC1NCC(O)c1ccc(F)c(F)c1. The topological polar surface area (TPSA) is 32.3 Å². The number of benzene rings is 1. The van der Waals surface area contributed by atoms with Crippen LogP contribution in [0.2, 0.25) is 0 Å². The van der Waals surface area contributed by atoms with Gasteiger partial charge in [-0.15, -0.1) is 0 Å². The van der Waals surface area contributed by atoms with Crippen LogP contribution in [0.4, 0.5) is 8.78 Å². The first-order valence-electron chi connectivity index (χ1n) is 7.26. The van der Waals surface area contributed by atoms with E-state index in [1.165, 1.54) is 25.3 Å². The van der Waals surface area contributed by atoms with Crippen molar-refractivity contribution in [2.75, 3.05) is 6.54 Å². The highest BCUT2D eigenvalue weighted by Crippen LogP contribution is 2.35. The van der Waals surface area contributed by atoms with Gasteiger partial charge in [0.2, 0.25) is 0 Å². The minimum Gasteiger partial charge on any atom is -0.387 e. The molecule has 0 amide bonds. The second kappa shape index (κ2) is 6.19. The van der Waals surface area contributed by atoms with Crippen LogP contribution in [0.25, 0.3) is 0 Å². The normalized spacial score (nSPS) is 23.6. The monoisotopic (exact) mass is 283 g/mol. The Hall–Kier alpha value is -1.00. The predicted octanol–water partition coefficient (Wildman–Crippen LogP) is 3.56. The molecule has 2 unspecified atom stereocenters. The highest BCUT2D eigenvalue weighted by Gasteiger charge is 2.32. The minimum atomic E-state index is -0.917. The van der Waals surface area contributed by atoms with Crippen molar-refractivity contribution < 1.29 is 13.9 Å². The first-order valence-corrected chi connectivity index (χ1v) is 7.26. The van der Waals surface area contributed by atoms with Gasteiger partial charge in [0.15, 0.2) is 11.6 Å². The third-order valence-electron chi connectivity index (χ3n) is 4.39. The van der Waals surface area contributed by atoms with Crippen LogP contribution in [-0.2, 0) is 0 Å². The summed E-state index contributed by atoms with van der Waals surface area (Å²) < 4.78 is 26.0. The van der Waals surface area contributed by atoms with Crippen molar-refractivity contribution in [3.05, 3.63) is 35.4 Å². The molecule has 0 saturated heterocycles. The number of aliphatic hydroxyl groups is 1. The summed E-state index contributed by atoms with van der Waals surface area (Å²) >= 11 is 0. The smallest absolute Gasteiger partial charge is 0.159 e. The molecule has 20 heavy (non-hydrogen) atoms. The van der Waals surface area contributed by atoms with Gasteiger partial charge >= 0.3 is 0 Å². The van der Waals surface area contributed by atoms with E-state index >= 15 is 0 Å². The average Bonchev–Trinajstić information content (AvgIpc) is 2.40. The molecule has 2 N–H and O–H groups in total. The van der Waals surface area contributed by atoms with Gasteiger partial charge in [0.1, 0.15) is 0 Å². The fourth-order valence-electron chi connectivity index (χ4n) is 2.96. The van der Waals surface area contributed by atoms with Crippen molar-refractivity contribution in [3.8, 4) is 0 Å². The molecule has 1 aromatic carbocycles. The molecule has 1 aromatic rings. The fourth-order valence-corrected chi connectivity index (χ4v) is 2.96. The molecule has 1 aliphatic rings. The standard InChI is InChI=1S/C16H23F2NO/c1-16(2)8-4-3-5-15(16)19-10-14(20)11-6-7-12(17)13(18)9-11/h6-7,9,14-15,19-20H,3-5,8,10H2,1-2H3. The van der Waals surface area contributed by atoms with E-state index in [2.05, 4.69) is 19.2 Å². The maximum absolute atomic E-state index is 13.2. The number of rotatable bonds is 4. The van der Waals surface area contributed by atoms with Crippen molar-refractivity contribution in [2.24, 2.45) is 5.41 Å². The van der Waals surface area contributed by atoms with Gasteiger partial charge in [0, 0.05) is 12.6 Å². The summed E-state index contributed by atoms with van der Waals surface area (Å²) in [6.45, 7) is 4.82. The Labute approximate surface area is 119 Å². The van der Waals surface area contributed by atoms with Crippen LogP contribution in [-0.4, -0.2) is 17.7 Å². The maximum Gasteiger partial charge on any atom is 0.159 e. The van der Waals surface area contributed by atoms with Gasteiger partial charge in [-0.1, -0.05) is 32.8 Å². The summed E-state index contributed by atoms with van der Waals surface area (Å²) in [5, 5.41) is 13.5. The molecule has 2 nitrogen and oxygen atoms in total. The summed E-state index contributed by atoms with van der Waals surface area (Å²) in [5.74, 6) is -1.80. The van der Waals surface area contributed by atoms with Crippen LogP contribution in [0.5, 0.6) is 0 Å². The number of aliphatic hydroxyl groups excluding tert-OH is 1. The van der Waals surface area contributed by atoms with Crippen molar-refractivity contribution >= 4 is 0 Å². The second-order valence-corrected chi connectivity index (χ2v) is 6.38. The van der Waals surface area contributed by atoms with Crippen LogP contribution >= 0.6 is 0 Å². The number of nitrogens with one attached hydrogen (secondary N) is 1. The zero-order valence-corrected chi connectivity index (χ0v) is 12.1.